The summed E-state index contributed by atoms with van der Waals surface area (Å²) in [6.07, 6.45) is 6.34. The van der Waals surface area contributed by atoms with Gasteiger partial charge >= 0.3 is 0 Å². The monoisotopic (exact) mass is 300 g/mol. The highest BCUT2D eigenvalue weighted by molar-refractivity contribution is 7.10. The van der Waals surface area contributed by atoms with E-state index in [4.69, 9.17) is 5.84 Å². The van der Waals surface area contributed by atoms with E-state index < -0.39 is 0 Å². The zero-order chi connectivity index (χ0) is 14.7. The van der Waals surface area contributed by atoms with Crippen LogP contribution in [0.3, 0.4) is 0 Å². The summed E-state index contributed by atoms with van der Waals surface area (Å²) in [5, 5.41) is 2.18. The number of benzene rings is 1. The number of thiophene rings is 1. The first-order chi connectivity index (χ1) is 10.3. The van der Waals surface area contributed by atoms with Gasteiger partial charge in [0.1, 0.15) is 0 Å². The van der Waals surface area contributed by atoms with E-state index in [-0.39, 0.29) is 11.5 Å². The van der Waals surface area contributed by atoms with Gasteiger partial charge in [0.15, 0.2) is 0 Å². The van der Waals surface area contributed by atoms with Gasteiger partial charge in [-0.25, -0.2) is 0 Å². The van der Waals surface area contributed by atoms with Crippen LogP contribution in [0, 0.1) is 6.92 Å². The van der Waals surface area contributed by atoms with Gasteiger partial charge in [-0.05, 0) is 42.3 Å². The van der Waals surface area contributed by atoms with E-state index in [2.05, 4.69) is 54.1 Å². The van der Waals surface area contributed by atoms with E-state index in [9.17, 15) is 0 Å². The topological polar surface area (TPSA) is 38.0 Å². The van der Waals surface area contributed by atoms with Gasteiger partial charge in [-0.15, -0.1) is 11.3 Å². The molecular formula is C18H24N2S. The predicted octanol–water partition coefficient (Wildman–Crippen LogP) is 4.46. The van der Waals surface area contributed by atoms with Gasteiger partial charge in [0.05, 0.1) is 6.04 Å². The standard InChI is InChI=1S/C18H24N2S/c1-14-16(10-13-21-14)17(20-19)18(11-6-3-7-12-18)15-8-4-2-5-9-15/h2,4-5,8-10,13,17,20H,3,6-7,11-12,19H2,1H3. The van der Waals surface area contributed by atoms with Crippen LogP contribution >= 0.6 is 11.3 Å². The highest BCUT2D eigenvalue weighted by atomic mass is 32.1. The van der Waals surface area contributed by atoms with Crippen LogP contribution in [0.15, 0.2) is 41.8 Å². The molecule has 0 saturated heterocycles. The molecule has 1 aliphatic carbocycles. The lowest BCUT2D eigenvalue weighted by Crippen LogP contribution is -2.46. The molecule has 1 heterocycles. The predicted molar refractivity (Wildman–Crippen MR) is 90.3 cm³/mol. The summed E-state index contributed by atoms with van der Waals surface area (Å²) in [4.78, 5) is 1.37. The Balaban J connectivity index is 2.08. The molecule has 0 amide bonds. The average molecular weight is 300 g/mol. The van der Waals surface area contributed by atoms with Gasteiger partial charge in [0.25, 0.3) is 0 Å². The Morgan fingerprint density at radius 2 is 1.81 bits per heavy atom. The number of rotatable bonds is 4. The summed E-state index contributed by atoms with van der Waals surface area (Å²) in [6, 6.07) is 13.4. The van der Waals surface area contributed by atoms with Crippen molar-refractivity contribution in [1.82, 2.24) is 5.43 Å². The van der Waals surface area contributed by atoms with Gasteiger partial charge in [-0.3, -0.25) is 11.3 Å². The third-order valence-electron chi connectivity index (χ3n) is 5.02. The van der Waals surface area contributed by atoms with E-state index in [0.29, 0.717) is 0 Å². The van der Waals surface area contributed by atoms with Crippen LogP contribution in [0.25, 0.3) is 0 Å². The van der Waals surface area contributed by atoms with Crippen LogP contribution < -0.4 is 11.3 Å². The normalized spacial score (nSPS) is 19.3. The smallest absolute Gasteiger partial charge is 0.0567 e. The van der Waals surface area contributed by atoms with Gasteiger partial charge in [-0.2, -0.15) is 0 Å². The lowest BCUT2D eigenvalue weighted by molar-refractivity contribution is 0.214. The van der Waals surface area contributed by atoms with Gasteiger partial charge in [-0.1, -0.05) is 49.6 Å². The Labute approximate surface area is 131 Å². The van der Waals surface area contributed by atoms with Gasteiger partial charge < -0.3 is 0 Å². The number of nitrogens with two attached hydrogens (primary N) is 1. The second-order valence-electron chi connectivity index (χ2n) is 6.11. The molecule has 1 atom stereocenters. The van der Waals surface area contributed by atoms with Crippen LogP contribution in [0.2, 0.25) is 0 Å². The van der Waals surface area contributed by atoms with E-state index in [1.54, 1.807) is 0 Å². The third kappa shape index (κ3) is 2.66. The van der Waals surface area contributed by atoms with Gasteiger partial charge in [0.2, 0.25) is 0 Å². The quantitative estimate of drug-likeness (QED) is 0.646. The van der Waals surface area contributed by atoms with E-state index in [0.717, 1.165) is 0 Å². The lowest BCUT2D eigenvalue weighted by Gasteiger charge is -2.44. The van der Waals surface area contributed by atoms with Crippen molar-refractivity contribution in [3.63, 3.8) is 0 Å². The van der Waals surface area contributed by atoms with E-state index >= 15 is 0 Å². The van der Waals surface area contributed by atoms with Crippen molar-refractivity contribution in [3.05, 3.63) is 57.8 Å². The summed E-state index contributed by atoms with van der Waals surface area (Å²) < 4.78 is 0. The van der Waals surface area contributed by atoms with E-state index in [1.807, 2.05) is 11.3 Å². The van der Waals surface area contributed by atoms with Crippen molar-refractivity contribution < 1.29 is 0 Å². The molecule has 1 saturated carbocycles. The Kier molecular flexibility index (Phi) is 4.43. The first kappa shape index (κ1) is 14.8. The van der Waals surface area contributed by atoms with Crippen molar-refractivity contribution in [2.24, 2.45) is 5.84 Å². The first-order valence-electron chi connectivity index (χ1n) is 7.83. The number of hydrogen-bond donors (Lipinski definition) is 2. The molecule has 3 rings (SSSR count). The molecule has 1 fully saturated rings. The Hall–Kier alpha value is -1.16. The van der Waals surface area contributed by atoms with Crippen LogP contribution in [-0.4, -0.2) is 0 Å². The highest BCUT2D eigenvalue weighted by Crippen LogP contribution is 2.48. The van der Waals surface area contributed by atoms with Crippen molar-refractivity contribution in [2.75, 3.05) is 0 Å². The second kappa shape index (κ2) is 6.30. The molecule has 2 nitrogen and oxygen atoms in total. The molecule has 21 heavy (non-hydrogen) atoms. The largest absolute Gasteiger partial charge is 0.271 e. The SMILES string of the molecule is Cc1sccc1C(NN)C1(c2ccccc2)CCCCC1. The molecule has 2 aromatic rings. The number of aryl methyl sites for hydroxylation is 1. The van der Waals surface area contributed by atoms with Crippen LogP contribution in [0.1, 0.15) is 54.1 Å². The van der Waals surface area contributed by atoms with Crippen LogP contribution in [0.4, 0.5) is 0 Å². The summed E-state index contributed by atoms with van der Waals surface area (Å²) in [5.41, 5.74) is 6.08. The fourth-order valence-corrected chi connectivity index (χ4v) is 4.68. The van der Waals surface area contributed by atoms with Crippen molar-refractivity contribution in [1.29, 1.82) is 0 Å². The second-order valence-corrected chi connectivity index (χ2v) is 7.23. The molecule has 0 bridgehead atoms. The highest BCUT2D eigenvalue weighted by Gasteiger charge is 2.42. The molecular weight excluding hydrogens is 276 g/mol. The molecule has 0 spiro atoms. The molecule has 3 heteroatoms. The molecule has 1 aliphatic rings. The minimum Gasteiger partial charge on any atom is -0.271 e. The zero-order valence-corrected chi connectivity index (χ0v) is 13.5. The van der Waals surface area contributed by atoms with Crippen molar-refractivity contribution in [3.8, 4) is 0 Å². The molecule has 112 valence electrons. The van der Waals surface area contributed by atoms with Crippen LogP contribution in [-0.2, 0) is 5.41 Å². The summed E-state index contributed by atoms with van der Waals surface area (Å²) in [6.45, 7) is 2.20. The Morgan fingerprint density at radius 1 is 1.10 bits per heavy atom. The Bertz CT molecular complexity index is 570. The summed E-state index contributed by atoms with van der Waals surface area (Å²) >= 11 is 1.81. The summed E-state index contributed by atoms with van der Waals surface area (Å²) in [7, 11) is 0. The maximum absolute atomic E-state index is 6.04. The average Bonchev–Trinajstić information content (AvgIpc) is 2.96. The summed E-state index contributed by atoms with van der Waals surface area (Å²) in [5.74, 6) is 6.04. The first-order valence-corrected chi connectivity index (χ1v) is 8.71. The minimum absolute atomic E-state index is 0.125. The van der Waals surface area contributed by atoms with Crippen LogP contribution in [0.5, 0.6) is 0 Å². The third-order valence-corrected chi connectivity index (χ3v) is 5.89. The van der Waals surface area contributed by atoms with Gasteiger partial charge in [0, 0.05) is 10.3 Å². The van der Waals surface area contributed by atoms with E-state index in [1.165, 1.54) is 48.1 Å². The molecule has 0 aliphatic heterocycles. The number of hydrogen-bond acceptors (Lipinski definition) is 3. The Morgan fingerprint density at radius 3 is 2.38 bits per heavy atom. The minimum atomic E-state index is 0.125. The molecule has 3 N–H and O–H groups in total. The number of hydrazine groups is 1. The maximum Gasteiger partial charge on any atom is 0.0567 e. The molecule has 1 unspecified atom stereocenters. The zero-order valence-electron chi connectivity index (χ0n) is 12.6. The molecule has 0 radical (unpaired) electrons. The lowest BCUT2D eigenvalue weighted by atomic mass is 9.63. The van der Waals surface area contributed by atoms with Crippen molar-refractivity contribution >= 4 is 11.3 Å². The molecule has 1 aromatic heterocycles. The number of nitrogens with one attached hydrogen (secondary N) is 1. The fourth-order valence-electron chi connectivity index (χ4n) is 3.94. The maximum atomic E-state index is 6.04. The fraction of sp³-hybridized carbons (Fsp3) is 0.444. The van der Waals surface area contributed by atoms with Crippen molar-refractivity contribution in [2.45, 2.75) is 50.5 Å². The molecule has 1 aromatic carbocycles.